The van der Waals surface area contributed by atoms with Gasteiger partial charge in [-0.1, -0.05) is 35.8 Å². The Morgan fingerprint density at radius 1 is 1.24 bits per heavy atom. The molecule has 1 aromatic heterocycles. The van der Waals surface area contributed by atoms with E-state index in [0.717, 1.165) is 12.8 Å². The van der Waals surface area contributed by atoms with Gasteiger partial charge in [0.25, 0.3) is 11.8 Å². The zero-order valence-corrected chi connectivity index (χ0v) is 16.9. The molecule has 8 nitrogen and oxygen atoms in total. The van der Waals surface area contributed by atoms with Crippen molar-refractivity contribution in [2.45, 2.75) is 18.9 Å². The molecule has 1 aromatic carbocycles. The molecule has 29 heavy (non-hydrogen) atoms. The number of carbonyl (C=O) groups is 3. The molecule has 1 saturated heterocycles. The number of H-pyrrole nitrogens is 1. The van der Waals surface area contributed by atoms with Gasteiger partial charge in [0.15, 0.2) is 0 Å². The minimum atomic E-state index is -0.559. The molecule has 1 aliphatic heterocycles. The highest BCUT2D eigenvalue weighted by atomic mass is 35.5. The summed E-state index contributed by atoms with van der Waals surface area (Å²) in [5.74, 6) is -1.17. The number of anilines is 1. The molecule has 10 heteroatoms. The number of aromatic amines is 1. The number of likely N-dealkylation sites (tertiary alicyclic amines) is 1. The van der Waals surface area contributed by atoms with Crippen LogP contribution in [0.15, 0.2) is 37.1 Å². The quantitative estimate of drug-likeness (QED) is 0.627. The van der Waals surface area contributed by atoms with Crippen molar-refractivity contribution >= 4 is 46.6 Å². The Morgan fingerprint density at radius 3 is 2.66 bits per heavy atom. The molecule has 1 atom stereocenters. The molecule has 0 unspecified atom stereocenters. The van der Waals surface area contributed by atoms with Crippen LogP contribution in [-0.4, -0.2) is 52.0 Å². The fourth-order valence-electron chi connectivity index (χ4n) is 3.14. The second kappa shape index (κ2) is 9.11. The van der Waals surface area contributed by atoms with Gasteiger partial charge in [-0.3, -0.25) is 19.5 Å². The monoisotopic (exact) mass is 435 g/mol. The van der Waals surface area contributed by atoms with E-state index in [1.807, 2.05) is 0 Å². The molecule has 2 aromatic rings. The summed E-state index contributed by atoms with van der Waals surface area (Å²) >= 11 is 12.1. The first-order valence-corrected chi connectivity index (χ1v) is 9.67. The highest BCUT2D eigenvalue weighted by Crippen LogP contribution is 2.25. The summed E-state index contributed by atoms with van der Waals surface area (Å²) < 4.78 is 0. The van der Waals surface area contributed by atoms with Gasteiger partial charge in [0.1, 0.15) is 5.69 Å². The van der Waals surface area contributed by atoms with Crippen molar-refractivity contribution in [1.82, 2.24) is 20.4 Å². The maximum atomic E-state index is 12.7. The number of piperidine rings is 1. The molecule has 3 rings (SSSR count). The standard InChI is InChI=1S/C19H19Cl2N5O3/c1-2-15(27)26-8-4-5-11(10-26)23-19(29)17-14(9-22-25-17)24-18(28)16-12(20)6-3-7-13(16)21/h2-3,6-7,9,11H,1,4-5,8,10H2,(H,22,25)(H,23,29)(H,24,28)/t11-/m0/s1. The van der Waals surface area contributed by atoms with Crippen molar-refractivity contribution in [2.75, 3.05) is 18.4 Å². The van der Waals surface area contributed by atoms with Gasteiger partial charge in [-0.05, 0) is 31.1 Å². The van der Waals surface area contributed by atoms with Crippen molar-refractivity contribution in [3.05, 3.63) is 58.4 Å². The molecule has 3 amide bonds. The van der Waals surface area contributed by atoms with Gasteiger partial charge >= 0.3 is 0 Å². The van der Waals surface area contributed by atoms with Crippen LogP contribution in [0, 0.1) is 0 Å². The smallest absolute Gasteiger partial charge is 0.271 e. The molecule has 0 spiro atoms. The topological polar surface area (TPSA) is 107 Å². The van der Waals surface area contributed by atoms with Gasteiger partial charge < -0.3 is 15.5 Å². The molecule has 0 bridgehead atoms. The Bertz CT molecular complexity index is 939. The number of hydrogen-bond donors (Lipinski definition) is 3. The molecular formula is C19H19Cl2N5O3. The molecule has 1 aliphatic rings. The Morgan fingerprint density at radius 2 is 1.97 bits per heavy atom. The number of rotatable bonds is 5. The molecule has 152 valence electrons. The largest absolute Gasteiger partial charge is 0.346 e. The van der Waals surface area contributed by atoms with Crippen LogP contribution in [0.1, 0.15) is 33.7 Å². The van der Waals surface area contributed by atoms with Gasteiger partial charge in [-0.25, -0.2) is 0 Å². The number of carbonyl (C=O) groups excluding carboxylic acids is 3. The lowest BCUT2D eigenvalue weighted by molar-refractivity contribution is -0.127. The SMILES string of the molecule is C=CC(=O)N1CCC[C@H](NC(=O)c2[nH]ncc2NC(=O)c2c(Cl)cccc2Cl)C1. The van der Waals surface area contributed by atoms with Crippen LogP contribution in [0.3, 0.4) is 0 Å². The van der Waals surface area contributed by atoms with E-state index in [4.69, 9.17) is 23.2 Å². The third kappa shape index (κ3) is 4.78. The molecule has 0 aliphatic carbocycles. The van der Waals surface area contributed by atoms with E-state index in [-0.39, 0.29) is 38.9 Å². The average Bonchev–Trinajstić information content (AvgIpc) is 3.15. The summed E-state index contributed by atoms with van der Waals surface area (Å²) in [4.78, 5) is 38.7. The van der Waals surface area contributed by atoms with E-state index < -0.39 is 11.8 Å². The first-order valence-electron chi connectivity index (χ1n) is 8.91. The van der Waals surface area contributed by atoms with E-state index in [2.05, 4.69) is 27.4 Å². The minimum Gasteiger partial charge on any atom is -0.346 e. The lowest BCUT2D eigenvalue weighted by atomic mass is 10.1. The van der Waals surface area contributed by atoms with Crippen LogP contribution < -0.4 is 10.6 Å². The van der Waals surface area contributed by atoms with Gasteiger partial charge in [-0.2, -0.15) is 5.10 Å². The maximum Gasteiger partial charge on any atom is 0.271 e. The van der Waals surface area contributed by atoms with E-state index in [9.17, 15) is 14.4 Å². The minimum absolute atomic E-state index is 0.0914. The van der Waals surface area contributed by atoms with Crippen LogP contribution in [0.2, 0.25) is 10.0 Å². The van der Waals surface area contributed by atoms with Crippen molar-refractivity contribution in [3.8, 4) is 0 Å². The Balaban J connectivity index is 1.69. The van der Waals surface area contributed by atoms with Crippen LogP contribution >= 0.6 is 23.2 Å². The molecule has 2 heterocycles. The highest BCUT2D eigenvalue weighted by Gasteiger charge is 2.26. The predicted octanol–water partition coefficient (Wildman–Crippen LogP) is 2.88. The Kier molecular flexibility index (Phi) is 6.56. The van der Waals surface area contributed by atoms with Crippen molar-refractivity contribution in [2.24, 2.45) is 0 Å². The Labute approximate surface area is 177 Å². The number of nitrogens with one attached hydrogen (secondary N) is 3. The summed E-state index contributed by atoms with van der Waals surface area (Å²) in [5.41, 5.74) is 0.390. The summed E-state index contributed by atoms with van der Waals surface area (Å²) in [5, 5.41) is 12.3. The number of nitrogens with zero attached hydrogens (tertiary/aromatic N) is 2. The van der Waals surface area contributed by atoms with Gasteiger partial charge in [0.05, 0.1) is 27.5 Å². The Hall–Kier alpha value is -2.84. The normalized spacial score (nSPS) is 16.2. The molecular weight excluding hydrogens is 417 g/mol. The van der Waals surface area contributed by atoms with E-state index in [0.29, 0.717) is 13.1 Å². The average molecular weight is 436 g/mol. The molecule has 3 N–H and O–H groups in total. The van der Waals surface area contributed by atoms with Crippen LogP contribution in [0.25, 0.3) is 0 Å². The summed E-state index contributed by atoms with van der Waals surface area (Å²) in [7, 11) is 0. The predicted molar refractivity (Wildman–Crippen MR) is 110 cm³/mol. The third-order valence-electron chi connectivity index (χ3n) is 4.55. The first kappa shape index (κ1) is 20.9. The summed E-state index contributed by atoms with van der Waals surface area (Å²) in [6, 6.07) is 4.50. The first-order chi connectivity index (χ1) is 13.9. The number of amides is 3. The second-order valence-electron chi connectivity index (χ2n) is 6.51. The van der Waals surface area contributed by atoms with Crippen LogP contribution in [0.5, 0.6) is 0 Å². The highest BCUT2D eigenvalue weighted by molar-refractivity contribution is 6.40. The zero-order chi connectivity index (χ0) is 21.0. The molecule has 1 fully saturated rings. The van der Waals surface area contributed by atoms with Crippen molar-refractivity contribution < 1.29 is 14.4 Å². The number of aromatic nitrogens is 2. The summed E-state index contributed by atoms with van der Waals surface area (Å²) in [6.45, 7) is 4.50. The number of halogens is 2. The fraction of sp³-hybridized carbons (Fsp3) is 0.263. The van der Waals surface area contributed by atoms with E-state index >= 15 is 0 Å². The lowest BCUT2D eigenvalue weighted by Crippen LogP contribution is -2.49. The third-order valence-corrected chi connectivity index (χ3v) is 5.18. The van der Waals surface area contributed by atoms with Crippen LogP contribution in [0.4, 0.5) is 5.69 Å². The number of hydrogen-bond acceptors (Lipinski definition) is 4. The molecule has 0 saturated carbocycles. The van der Waals surface area contributed by atoms with Crippen molar-refractivity contribution in [1.29, 1.82) is 0 Å². The second-order valence-corrected chi connectivity index (χ2v) is 7.32. The van der Waals surface area contributed by atoms with Gasteiger partial charge in [0, 0.05) is 19.1 Å². The number of benzene rings is 1. The lowest BCUT2D eigenvalue weighted by Gasteiger charge is -2.32. The maximum absolute atomic E-state index is 12.7. The zero-order valence-electron chi connectivity index (χ0n) is 15.4. The fourth-order valence-corrected chi connectivity index (χ4v) is 3.70. The van der Waals surface area contributed by atoms with Crippen LogP contribution in [-0.2, 0) is 4.79 Å². The van der Waals surface area contributed by atoms with Gasteiger partial charge in [0.2, 0.25) is 5.91 Å². The van der Waals surface area contributed by atoms with Gasteiger partial charge in [-0.15, -0.1) is 0 Å². The van der Waals surface area contributed by atoms with E-state index in [1.165, 1.54) is 12.3 Å². The summed E-state index contributed by atoms with van der Waals surface area (Å²) in [6.07, 6.45) is 4.08. The van der Waals surface area contributed by atoms with E-state index in [1.54, 1.807) is 23.1 Å². The van der Waals surface area contributed by atoms with Crippen molar-refractivity contribution in [3.63, 3.8) is 0 Å². The molecule has 0 radical (unpaired) electrons.